The quantitative estimate of drug-likeness (QED) is 0.693. The van der Waals surface area contributed by atoms with E-state index >= 15 is 0 Å². The van der Waals surface area contributed by atoms with Crippen molar-refractivity contribution in [1.29, 1.82) is 0 Å². The number of pyridine rings is 1. The Morgan fingerprint density at radius 2 is 2.00 bits per heavy atom. The normalized spacial score (nSPS) is 18.1. The Labute approximate surface area is 79.4 Å². The van der Waals surface area contributed by atoms with Gasteiger partial charge in [-0.1, -0.05) is 6.07 Å². The summed E-state index contributed by atoms with van der Waals surface area (Å²) in [5.41, 5.74) is 0. The molecule has 2 rings (SSSR count). The topological polar surface area (TPSA) is 16.1 Å². The minimum atomic E-state index is -4.06. The molecule has 76 valence electrons. The number of aromatic nitrogens is 1. The molecule has 0 radical (unpaired) electrons. The minimum absolute atomic E-state index is 0.0283. The maximum Gasteiger partial charge on any atom is 0.395 e. The summed E-state index contributed by atoms with van der Waals surface area (Å²) in [7, 11) is 0. The standard InChI is InChI=1S/C9H9F3N2/c10-9(11,12)7-5-14(6-7)8-3-1-2-4-13-8/h1-4,7H,5-6H2. The van der Waals surface area contributed by atoms with Crippen LogP contribution in [0.4, 0.5) is 19.0 Å². The summed E-state index contributed by atoms with van der Waals surface area (Å²) in [5.74, 6) is -0.572. The molecule has 1 aliphatic rings. The molecule has 0 bridgehead atoms. The van der Waals surface area contributed by atoms with E-state index in [0.29, 0.717) is 5.82 Å². The van der Waals surface area contributed by atoms with Crippen LogP contribution in [0.5, 0.6) is 0 Å². The van der Waals surface area contributed by atoms with Crippen LogP contribution in [0.3, 0.4) is 0 Å². The average molecular weight is 202 g/mol. The van der Waals surface area contributed by atoms with Crippen molar-refractivity contribution in [2.45, 2.75) is 6.18 Å². The second-order valence-electron chi connectivity index (χ2n) is 3.33. The highest BCUT2D eigenvalue weighted by Gasteiger charge is 2.47. The van der Waals surface area contributed by atoms with Crippen LogP contribution in [0.15, 0.2) is 24.4 Å². The molecule has 1 aromatic rings. The molecule has 1 fully saturated rings. The predicted molar refractivity (Wildman–Crippen MR) is 46.0 cm³/mol. The molecule has 0 atom stereocenters. The van der Waals surface area contributed by atoms with E-state index in [0.717, 1.165) is 0 Å². The highest BCUT2D eigenvalue weighted by molar-refractivity contribution is 5.41. The molecule has 2 nitrogen and oxygen atoms in total. The van der Waals surface area contributed by atoms with Crippen molar-refractivity contribution in [3.8, 4) is 0 Å². The van der Waals surface area contributed by atoms with Crippen LogP contribution < -0.4 is 4.90 Å². The van der Waals surface area contributed by atoms with Gasteiger partial charge in [0.05, 0.1) is 5.92 Å². The first-order valence-corrected chi connectivity index (χ1v) is 4.30. The molecule has 1 aromatic heterocycles. The van der Waals surface area contributed by atoms with Gasteiger partial charge in [0.15, 0.2) is 0 Å². The van der Waals surface area contributed by atoms with Crippen LogP contribution in [-0.2, 0) is 0 Å². The zero-order chi connectivity index (χ0) is 10.2. The summed E-state index contributed by atoms with van der Waals surface area (Å²) < 4.78 is 36.4. The van der Waals surface area contributed by atoms with E-state index < -0.39 is 12.1 Å². The fourth-order valence-electron chi connectivity index (χ4n) is 1.41. The van der Waals surface area contributed by atoms with Gasteiger partial charge in [-0.25, -0.2) is 4.98 Å². The van der Waals surface area contributed by atoms with E-state index in [-0.39, 0.29) is 13.1 Å². The third-order valence-electron chi connectivity index (χ3n) is 2.32. The molecule has 0 N–H and O–H groups in total. The van der Waals surface area contributed by atoms with Gasteiger partial charge in [0, 0.05) is 19.3 Å². The van der Waals surface area contributed by atoms with Gasteiger partial charge >= 0.3 is 6.18 Å². The third kappa shape index (κ3) is 1.66. The smallest absolute Gasteiger partial charge is 0.355 e. The van der Waals surface area contributed by atoms with Crippen LogP contribution in [0, 0.1) is 5.92 Å². The number of hydrogen-bond acceptors (Lipinski definition) is 2. The lowest BCUT2D eigenvalue weighted by Crippen LogP contribution is -2.53. The number of rotatable bonds is 1. The summed E-state index contributed by atoms with van der Waals surface area (Å²) >= 11 is 0. The Kier molecular flexibility index (Phi) is 2.09. The van der Waals surface area contributed by atoms with Crippen molar-refractivity contribution >= 4 is 5.82 Å². The van der Waals surface area contributed by atoms with Crippen molar-refractivity contribution in [1.82, 2.24) is 4.98 Å². The summed E-state index contributed by atoms with van der Waals surface area (Å²) in [6.45, 7) is 0.0566. The number of hydrogen-bond donors (Lipinski definition) is 0. The minimum Gasteiger partial charge on any atom is -0.355 e. The lowest BCUT2D eigenvalue weighted by molar-refractivity contribution is -0.180. The first kappa shape index (κ1) is 9.30. The molecule has 0 unspecified atom stereocenters. The molecule has 5 heteroatoms. The molecular formula is C9H9F3N2. The molecular weight excluding hydrogens is 193 g/mol. The van der Waals surface area contributed by atoms with E-state index in [2.05, 4.69) is 4.98 Å². The first-order chi connectivity index (χ1) is 6.57. The van der Waals surface area contributed by atoms with E-state index in [1.165, 1.54) is 0 Å². The number of anilines is 1. The van der Waals surface area contributed by atoms with Crippen LogP contribution in [-0.4, -0.2) is 24.2 Å². The maximum absolute atomic E-state index is 12.1. The Morgan fingerprint density at radius 1 is 1.29 bits per heavy atom. The van der Waals surface area contributed by atoms with E-state index in [1.807, 2.05) is 0 Å². The Balaban J connectivity index is 1.96. The average Bonchev–Trinajstić information content (AvgIpc) is 2.00. The van der Waals surface area contributed by atoms with Crippen LogP contribution in [0.2, 0.25) is 0 Å². The molecule has 0 aliphatic carbocycles. The zero-order valence-corrected chi connectivity index (χ0v) is 7.33. The summed E-state index contributed by atoms with van der Waals surface area (Å²) in [6, 6.07) is 5.22. The van der Waals surface area contributed by atoms with E-state index in [9.17, 15) is 13.2 Å². The van der Waals surface area contributed by atoms with Crippen molar-refractivity contribution in [2.75, 3.05) is 18.0 Å². The lowest BCUT2D eigenvalue weighted by Gasteiger charge is -2.40. The number of alkyl halides is 3. The highest BCUT2D eigenvalue weighted by atomic mass is 19.4. The van der Waals surface area contributed by atoms with Crippen LogP contribution in [0.25, 0.3) is 0 Å². The Morgan fingerprint density at radius 3 is 2.50 bits per heavy atom. The van der Waals surface area contributed by atoms with Gasteiger partial charge in [0.25, 0.3) is 0 Å². The Bertz CT molecular complexity index is 304. The van der Waals surface area contributed by atoms with Crippen molar-refractivity contribution in [3.05, 3.63) is 24.4 Å². The first-order valence-electron chi connectivity index (χ1n) is 4.30. The molecule has 2 heterocycles. The molecule has 1 aliphatic heterocycles. The monoisotopic (exact) mass is 202 g/mol. The van der Waals surface area contributed by atoms with Gasteiger partial charge in [-0.2, -0.15) is 13.2 Å². The van der Waals surface area contributed by atoms with Crippen molar-refractivity contribution < 1.29 is 13.2 Å². The molecule has 0 aromatic carbocycles. The van der Waals surface area contributed by atoms with Crippen molar-refractivity contribution in [3.63, 3.8) is 0 Å². The van der Waals surface area contributed by atoms with Gasteiger partial charge in [-0.05, 0) is 12.1 Å². The number of nitrogens with zero attached hydrogens (tertiary/aromatic N) is 2. The second-order valence-corrected chi connectivity index (χ2v) is 3.33. The van der Waals surface area contributed by atoms with Gasteiger partial charge in [0.1, 0.15) is 5.82 Å². The zero-order valence-electron chi connectivity index (χ0n) is 7.33. The fourth-order valence-corrected chi connectivity index (χ4v) is 1.41. The Hall–Kier alpha value is -1.26. The van der Waals surface area contributed by atoms with E-state index in [4.69, 9.17) is 0 Å². The summed E-state index contributed by atoms with van der Waals surface area (Å²) in [5, 5.41) is 0. The van der Waals surface area contributed by atoms with Gasteiger partial charge in [0.2, 0.25) is 0 Å². The van der Waals surface area contributed by atoms with Gasteiger partial charge < -0.3 is 4.90 Å². The highest BCUT2D eigenvalue weighted by Crippen LogP contribution is 2.35. The molecule has 0 spiro atoms. The molecule has 0 amide bonds. The maximum atomic E-state index is 12.1. The SMILES string of the molecule is FC(F)(F)C1CN(c2ccccn2)C1. The summed E-state index contributed by atoms with van der Waals surface area (Å²) in [6.07, 6.45) is -2.48. The van der Waals surface area contributed by atoms with Gasteiger partial charge in [-0.15, -0.1) is 0 Å². The predicted octanol–water partition coefficient (Wildman–Crippen LogP) is 2.08. The lowest BCUT2D eigenvalue weighted by atomic mass is 10.00. The van der Waals surface area contributed by atoms with Crippen molar-refractivity contribution in [2.24, 2.45) is 5.92 Å². The van der Waals surface area contributed by atoms with Gasteiger partial charge in [-0.3, -0.25) is 0 Å². The van der Waals surface area contributed by atoms with E-state index in [1.54, 1.807) is 29.3 Å². The second kappa shape index (κ2) is 3.15. The summed E-state index contributed by atoms with van der Waals surface area (Å²) in [4.78, 5) is 5.60. The third-order valence-corrected chi connectivity index (χ3v) is 2.32. The molecule has 1 saturated heterocycles. The van der Waals surface area contributed by atoms with Crippen LogP contribution in [0.1, 0.15) is 0 Å². The fraction of sp³-hybridized carbons (Fsp3) is 0.444. The molecule has 14 heavy (non-hydrogen) atoms. The molecule has 0 saturated carbocycles. The van der Waals surface area contributed by atoms with Crippen LogP contribution >= 0.6 is 0 Å². The number of halogens is 3. The largest absolute Gasteiger partial charge is 0.395 e.